The summed E-state index contributed by atoms with van der Waals surface area (Å²) in [6.45, 7) is 4.41. The van der Waals surface area contributed by atoms with Crippen LogP contribution in [0.5, 0.6) is 0 Å². The predicted octanol–water partition coefficient (Wildman–Crippen LogP) is 3.27. The molecule has 0 atom stereocenters. The number of benzene rings is 1. The molecular weight excluding hydrogens is 426 g/mol. The van der Waals surface area contributed by atoms with Crippen LogP contribution >= 0.6 is 11.3 Å². The van der Waals surface area contributed by atoms with E-state index in [4.69, 9.17) is 0 Å². The van der Waals surface area contributed by atoms with E-state index in [1.165, 1.54) is 11.3 Å². The first kappa shape index (κ1) is 20.7. The van der Waals surface area contributed by atoms with Crippen LogP contribution in [0.2, 0.25) is 0 Å². The topological polar surface area (TPSA) is 96.3 Å². The van der Waals surface area contributed by atoms with Gasteiger partial charge >= 0.3 is 6.03 Å². The number of likely N-dealkylation sites (tertiary alicyclic amines) is 1. The Morgan fingerprint density at radius 1 is 1.16 bits per heavy atom. The summed E-state index contributed by atoms with van der Waals surface area (Å²) in [5.41, 5.74) is 2.23. The first-order valence-corrected chi connectivity index (χ1v) is 11.8. The average molecular weight is 452 g/mol. The summed E-state index contributed by atoms with van der Waals surface area (Å²) in [5.74, 6) is 0.588. The molecule has 0 spiro atoms. The molecule has 0 radical (unpaired) electrons. The molecular formula is C23H25N5O3S. The van der Waals surface area contributed by atoms with E-state index in [1.54, 1.807) is 4.57 Å². The van der Waals surface area contributed by atoms with Gasteiger partial charge < -0.3 is 15.5 Å². The van der Waals surface area contributed by atoms with Gasteiger partial charge in [0.2, 0.25) is 0 Å². The standard InChI is InChI=1S/C23H25N5O3S/c1-14-18-21(26-17-8-5-11-28(17)22(18)30)32-19(14)20(29)24-13-15-6-4-7-16(12-15)25-23(31)27-9-2-3-10-27/h4,6-7,12H,2-3,5,8-11,13H2,1H3,(H,24,29)(H,25,31). The van der Waals surface area contributed by atoms with Gasteiger partial charge in [-0.3, -0.25) is 14.2 Å². The van der Waals surface area contributed by atoms with Crippen molar-refractivity contribution < 1.29 is 9.59 Å². The number of carbonyl (C=O) groups is 2. The SMILES string of the molecule is Cc1c(C(=O)NCc2cccc(NC(=O)N3CCCC3)c2)sc2nc3n(c(=O)c12)CCC3. The number of amides is 3. The van der Waals surface area contributed by atoms with Crippen molar-refractivity contribution in [3.8, 4) is 0 Å². The molecule has 0 aliphatic carbocycles. The van der Waals surface area contributed by atoms with Crippen molar-refractivity contribution in [2.45, 2.75) is 45.7 Å². The van der Waals surface area contributed by atoms with E-state index in [0.717, 1.165) is 50.2 Å². The van der Waals surface area contributed by atoms with Gasteiger partial charge in [0.25, 0.3) is 11.5 Å². The van der Waals surface area contributed by atoms with E-state index in [-0.39, 0.29) is 17.5 Å². The second-order valence-electron chi connectivity index (χ2n) is 8.33. The Morgan fingerprint density at radius 3 is 2.78 bits per heavy atom. The first-order chi connectivity index (χ1) is 15.5. The largest absolute Gasteiger partial charge is 0.347 e. The molecule has 3 aromatic rings. The lowest BCUT2D eigenvalue weighted by atomic mass is 10.2. The quantitative estimate of drug-likeness (QED) is 0.636. The van der Waals surface area contributed by atoms with Gasteiger partial charge in [0, 0.05) is 38.3 Å². The number of anilines is 1. The summed E-state index contributed by atoms with van der Waals surface area (Å²) in [6.07, 6.45) is 3.82. The highest BCUT2D eigenvalue weighted by atomic mass is 32.1. The number of aromatic nitrogens is 2. The fourth-order valence-electron chi connectivity index (χ4n) is 4.44. The van der Waals surface area contributed by atoms with Gasteiger partial charge in [0.05, 0.1) is 10.3 Å². The number of carbonyl (C=O) groups excluding carboxylic acids is 2. The molecule has 2 N–H and O–H groups in total. The third kappa shape index (κ3) is 3.77. The van der Waals surface area contributed by atoms with Crippen LogP contribution < -0.4 is 16.2 Å². The molecule has 4 heterocycles. The number of urea groups is 1. The van der Waals surface area contributed by atoms with Crippen LogP contribution in [0.3, 0.4) is 0 Å². The zero-order chi connectivity index (χ0) is 22.2. The average Bonchev–Trinajstić information content (AvgIpc) is 3.53. The second kappa shape index (κ2) is 8.38. The number of rotatable bonds is 4. The van der Waals surface area contributed by atoms with Gasteiger partial charge in [-0.1, -0.05) is 12.1 Å². The number of hydrogen-bond acceptors (Lipinski definition) is 5. The van der Waals surface area contributed by atoms with Crippen LogP contribution in [0.4, 0.5) is 10.5 Å². The molecule has 0 unspecified atom stereocenters. The van der Waals surface area contributed by atoms with Crippen LogP contribution in [0.25, 0.3) is 10.2 Å². The van der Waals surface area contributed by atoms with E-state index in [0.29, 0.717) is 39.4 Å². The monoisotopic (exact) mass is 451 g/mol. The fraction of sp³-hybridized carbons (Fsp3) is 0.391. The lowest BCUT2D eigenvalue weighted by Gasteiger charge is -2.16. The minimum atomic E-state index is -0.221. The minimum Gasteiger partial charge on any atom is -0.347 e. The van der Waals surface area contributed by atoms with Crippen molar-refractivity contribution in [1.29, 1.82) is 0 Å². The highest BCUT2D eigenvalue weighted by molar-refractivity contribution is 7.20. The van der Waals surface area contributed by atoms with Gasteiger partial charge in [-0.2, -0.15) is 0 Å². The molecule has 8 nitrogen and oxygen atoms in total. The first-order valence-electron chi connectivity index (χ1n) is 11.0. The van der Waals surface area contributed by atoms with Crippen molar-refractivity contribution in [2.75, 3.05) is 18.4 Å². The third-order valence-corrected chi connectivity index (χ3v) is 7.33. The summed E-state index contributed by atoms with van der Waals surface area (Å²) in [7, 11) is 0. The summed E-state index contributed by atoms with van der Waals surface area (Å²) < 4.78 is 1.73. The Hall–Kier alpha value is -3.20. The third-order valence-electron chi connectivity index (χ3n) is 6.14. The Kier molecular flexibility index (Phi) is 5.42. The van der Waals surface area contributed by atoms with Crippen molar-refractivity contribution in [3.05, 3.63) is 56.4 Å². The Morgan fingerprint density at radius 2 is 1.97 bits per heavy atom. The summed E-state index contributed by atoms with van der Waals surface area (Å²) in [4.78, 5) is 45.6. The number of nitrogens with one attached hydrogen (secondary N) is 2. The maximum atomic E-state index is 12.9. The molecule has 2 aliphatic rings. The van der Waals surface area contributed by atoms with E-state index < -0.39 is 0 Å². The van der Waals surface area contributed by atoms with E-state index >= 15 is 0 Å². The lowest BCUT2D eigenvalue weighted by Crippen LogP contribution is -2.32. The number of nitrogens with zero attached hydrogens (tertiary/aromatic N) is 3. The Balaban J connectivity index is 1.29. The molecule has 0 saturated carbocycles. The fourth-order valence-corrected chi connectivity index (χ4v) is 5.54. The van der Waals surface area contributed by atoms with Gasteiger partial charge in [-0.15, -0.1) is 11.3 Å². The normalized spacial score (nSPS) is 15.2. The van der Waals surface area contributed by atoms with Crippen molar-refractivity contribution in [2.24, 2.45) is 0 Å². The molecule has 1 aromatic carbocycles. The molecule has 2 aliphatic heterocycles. The zero-order valence-corrected chi connectivity index (χ0v) is 18.8. The minimum absolute atomic E-state index is 0.0447. The van der Waals surface area contributed by atoms with Crippen molar-refractivity contribution in [1.82, 2.24) is 19.8 Å². The Bertz CT molecular complexity index is 1270. The van der Waals surface area contributed by atoms with Gasteiger partial charge in [0.15, 0.2) is 0 Å². The highest BCUT2D eigenvalue weighted by Crippen LogP contribution is 2.28. The molecule has 9 heteroatoms. The van der Waals surface area contributed by atoms with E-state index in [9.17, 15) is 14.4 Å². The molecule has 2 aromatic heterocycles. The maximum absolute atomic E-state index is 12.9. The Labute approximate surface area is 189 Å². The van der Waals surface area contributed by atoms with Crippen LogP contribution in [0.15, 0.2) is 29.1 Å². The van der Waals surface area contributed by atoms with E-state index in [1.807, 2.05) is 36.1 Å². The van der Waals surface area contributed by atoms with Crippen LogP contribution in [-0.2, 0) is 19.5 Å². The molecule has 5 rings (SSSR count). The van der Waals surface area contributed by atoms with Crippen LogP contribution in [0, 0.1) is 6.92 Å². The number of hydrogen-bond donors (Lipinski definition) is 2. The highest BCUT2D eigenvalue weighted by Gasteiger charge is 2.23. The molecule has 166 valence electrons. The molecule has 1 fully saturated rings. The van der Waals surface area contributed by atoms with Gasteiger partial charge in [-0.05, 0) is 49.4 Å². The number of fused-ring (bicyclic) bond motifs is 2. The summed E-state index contributed by atoms with van der Waals surface area (Å²) >= 11 is 1.27. The molecule has 32 heavy (non-hydrogen) atoms. The number of aryl methyl sites for hydroxylation is 2. The zero-order valence-electron chi connectivity index (χ0n) is 17.9. The smallest absolute Gasteiger partial charge is 0.321 e. The van der Waals surface area contributed by atoms with Gasteiger partial charge in [0.1, 0.15) is 10.7 Å². The van der Waals surface area contributed by atoms with Gasteiger partial charge in [-0.25, -0.2) is 9.78 Å². The molecule has 1 saturated heterocycles. The molecule has 0 bridgehead atoms. The van der Waals surface area contributed by atoms with Crippen LogP contribution in [0.1, 0.15) is 45.9 Å². The summed E-state index contributed by atoms with van der Waals surface area (Å²) in [6, 6.07) is 7.38. The van der Waals surface area contributed by atoms with Crippen molar-refractivity contribution in [3.63, 3.8) is 0 Å². The lowest BCUT2D eigenvalue weighted by molar-refractivity contribution is 0.0954. The van der Waals surface area contributed by atoms with E-state index in [2.05, 4.69) is 15.6 Å². The second-order valence-corrected chi connectivity index (χ2v) is 9.33. The number of thiophene rings is 1. The predicted molar refractivity (Wildman–Crippen MR) is 124 cm³/mol. The van der Waals surface area contributed by atoms with Crippen LogP contribution in [-0.4, -0.2) is 39.5 Å². The van der Waals surface area contributed by atoms with Crippen molar-refractivity contribution >= 4 is 39.2 Å². The maximum Gasteiger partial charge on any atom is 0.321 e. The molecule has 3 amide bonds. The summed E-state index contributed by atoms with van der Waals surface area (Å²) in [5, 5.41) is 6.42.